The van der Waals surface area contributed by atoms with Gasteiger partial charge in [0.2, 0.25) is 5.91 Å². The number of nitrogens with two attached hydrogens (primary N) is 1. The first-order valence-electron chi connectivity index (χ1n) is 4.63. The second-order valence-corrected chi connectivity index (χ2v) is 3.06. The van der Waals surface area contributed by atoms with E-state index in [1.807, 2.05) is 0 Å². The van der Waals surface area contributed by atoms with Crippen LogP contribution in [0.5, 0.6) is 0 Å². The molecule has 0 aliphatic carbocycles. The molecular formula is C11H12N2O3. The van der Waals surface area contributed by atoms with E-state index in [-0.39, 0.29) is 0 Å². The number of carboxylic acid groups (broad SMARTS) is 1. The maximum atomic E-state index is 10.8. The van der Waals surface area contributed by atoms with E-state index in [2.05, 4.69) is 5.32 Å². The van der Waals surface area contributed by atoms with Crippen molar-refractivity contribution in [3.8, 4) is 0 Å². The molecule has 1 aromatic carbocycles. The molecule has 1 rings (SSSR count). The van der Waals surface area contributed by atoms with Crippen molar-refractivity contribution in [1.29, 1.82) is 0 Å². The van der Waals surface area contributed by atoms with Crippen LogP contribution in [0.1, 0.15) is 10.4 Å². The number of benzene rings is 1. The van der Waals surface area contributed by atoms with Crippen LogP contribution in [-0.2, 0) is 4.79 Å². The molecule has 0 bridgehead atoms. The molecule has 0 fully saturated rings. The van der Waals surface area contributed by atoms with Crippen LogP contribution in [0, 0.1) is 0 Å². The van der Waals surface area contributed by atoms with Crippen molar-refractivity contribution in [2.24, 2.45) is 5.73 Å². The molecule has 5 nitrogen and oxygen atoms in total. The number of hydrogen-bond donors (Lipinski definition) is 3. The third-order valence-corrected chi connectivity index (χ3v) is 1.85. The van der Waals surface area contributed by atoms with E-state index in [4.69, 9.17) is 10.8 Å². The van der Waals surface area contributed by atoms with Crippen molar-refractivity contribution < 1.29 is 14.7 Å². The maximum absolute atomic E-state index is 10.8. The first-order valence-corrected chi connectivity index (χ1v) is 4.63. The molecule has 0 saturated heterocycles. The van der Waals surface area contributed by atoms with Gasteiger partial charge in [-0.1, -0.05) is 6.08 Å². The molecule has 0 aliphatic heterocycles. The molecule has 0 aliphatic rings. The summed E-state index contributed by atoms with van der Waals surface area (Å²) in [6.07, 6.45) is 2.55. The smallest absolute Gasteiger partial charge is 0.328 e. The normalized spacial score (nSPS) is 10.2. The highest BCUT2D eigenvalue weighted by molar-refractivity contribution is 5.93. The lowest BCUT2D eigenvalue weighted by atomic mass is 10.2. The van der Waals surface area contributed by atoms with Gasteiger partial charge in [-0.25, -0.2) is 4.79 Å². The number of carbonyl (C=O) groups is 2. The van der Waals surface area contributed by atoms with Gasteiger partial charge in [0, 0.05) is 23.9 Å². The zero-order chi connectivity index (χ0) is 12.0. The van der Waals surface area contributed by atoms with Gasteiger partial charge < -0.3 is 16.2 Å². The highest BCUT2D eigenvalue weighted by Gasteiger charge is 1.98. The van der Waals surface area contributed by atoms with Crippen LogP contribution >= 0.6 is 0 Å². The van der Waals surface area contributed by atoms with E-state index in [0.717, 1.165) is 11.8 Å². The van der Waals surface area contributed by atoms with Gasteiger partial charge in [0.05, 0.1) is 0 Å². The van der Waals surface area contributed by atoms with Crippen molar-refractivity contribution in [3.63, 3.8) is 0 Å². The van der Waals surface area contributed by atoms with Crippen molar-refractivity contribution in [3.05, 3.63) is 42.0 Å². The maximum Gasteiger partial charge on any atom is 0.328 e. The quantitative estimate of drug-likeness (QED) is 0.641. The van der Waals surface area contributed by atoms with Gasteiger partial charge in [0.1, 0.15) is 0 Å². The summed E-state index contributed by atoms with van der Waals surface area (Å²) in [7, 11) is 0. The van der Waals surface area contributed by atoms with Gasteiger partial charge in [0.25, 0.3) is 0 Å². The van der Waals surface area contributed by atoms with Crippen molar-refractivity contribution >= 4 is 17.6 Å². The lowest BCUT2D eigenvalue weighted by Crippen LogP contribution is -2.10. The number of anilines is 1. The van der Waals surface area contributed by atoms with Crippen LogP contribution < -0.4 is 11.1 Å². The highest BCUT2D eigenvalue weighted by Crippen LogP contribution is 2.08. The fourth-order valence-corrected chi connectivity index (χ4v) is 1.09. The van der Waals surface area contributed by atoms with Gasteiger partial charge in [-0.15, -0.1) is 0 Å². The fourth-order valence-electron chi connectivity index (χ4n) is 1.09. The third-order valence-electron chi connectivity index (χ3n) is 1.85. The van der Waals surface area contributed by atoms with Crippen molar-refractivity contribution in [2.45, 2.75) is 0 Å². The number of aliphatic carboxylic acids is 1. The molecule has 0 atom stereocenters. The predicted molar refractivity (Wildman–Crippen MR) is 60.2 cm³/mol. The second-order valence-electron chi connectivity index (χ2n) is 3.06. The lowest BCUT2D eigenvalue weighted by Gasteiger charge is -2.03. The molecule has 1 aromatic rings. The summed E-state index contributed by atoms with van der Waals surface area (Å²) < 4.78 is 0. The van der Waals surface area contributed by atoms with E-state index in [1.54, 1.807) is 24.3 Å². The average molecular weight is 220 g/mol. The van der Waals surface area contributed by atoms with E-state index in [0.29, 0.717) is 12.1 Å². The number of nitrogens with one attached hydrogen (secondary N) is 1. The monoisotopic (exact) mass is 220 g/mol. The average Bonchev–Trinajstić information content (AvgIpc) is 2.25. The lowest BCUT2D eigenvalue weighted by molar-refractivity contribution is -0.131. The molecular weight excluding hydrogens is 208 g/mol. The van der Waals surface area contributed by atoms with Crippen LogP contribution in [0.2, 0.25) is 0 Å². The molecule has 0 radical (unpaired) electrons. The topological polar surface area (TPSA) is 92.4 Å². The minimum absolute atomic E-state index is 0.405. The van der Waals surface area contributed by atoms with Gasteiger partial charge in [-0.05, 0) is 24.3 Å². The Morgan fingerprint density at radius 2 is 1.94 bits per heavy atom. The standard InChI is InChI=1S/C11H12N2O3/c12-11(16)8-3-5-9(6-4-8)13-7-1-2-10(14)15/h1-6,13H,7H2,(H2,12,16)(H,14,15)/b2-1+. The van der Waals surface area contributed by atoms with Crippen LogP contribution in [-0.4, -0.2) is 23.5 Å². The molecule has 0 aromatic heterocycles. The van der Waals surface area contributed by atoms with E-state index in [1.165, 1.54) is 6.08 Å². The van der Waals surface area contributed by atoms with Crippen LogP contribution in [0.3, 0.4) is 0 Å². The number of rotatable bonds is 5. The first kappa shape index (κ1) is 11.8. The molecule has 4 N–H and O–H groups in total. The summed E-state index contributed by atoms with van der Waals surface area (Å²) in [5, 5.41) is 11.3. The zero-order valence-electron chi connectivity index (χ0n) is 8.51. The largest absolute Gasteiger partial charge is 0.478 e. The highest BCUT2D eigenvalue weighted by atomic mass is 16.4. The summed E-state index contributed by atoms with van der Waals surface area (Å²) in [6.45, 7) is 0.405. The Kier molecular flexibility index (Phi) is 4.08. The number of hydrogen-bond acceptors (Lipinski definition) is 3. The van der Waals surface area contributed by atoms with E-state index in [9.17, 15) is 9.59 Å². The van der Waals surface area contributed by atoms with E-state index >= 15 is 0 Å². The number of carbonyl (C=O) groups excluding carboxylic acids is 1. The van der Waals surface area contributed by atoms with Gasteiger partial charge in [0.15, 0.2) is 0 Å². The number of amides is 1. The molecule has 1 amide bonds. The van der Waals surface area contributed by atoms with Gasteiger partial charge in [-0.2, -0.15) is 0 Å². The minimum Gasteiger partial charge on any atom is -0.478 e. The minimum atomic E-state index is -0.981. The summed E-state index contributed by atoms with van der Waals surface area (Å²) in [5.74, 6) is -1.46. The second kappa shape index (κ2) is 5.55. The Morgan fingerprint density at radius 1 is 1.31 bits per heavy atom. The molecule has 0 saturated carbocycles. The van der Waals surface area contributed by atoms with Crippen molar-refractivity contribution in [1.82, 2.24) is 0 Å². The van der Waals surface area contributed by atoms with Crippen LogP contribution in [0.4, 0.5) is 5.69 Å². The summed E-state index contributed by atoms with van der Waals surface area (Å²) in [4.78, 5) is 20.9. The predicted octanol–water partition coefficient (Wildman–Crippen LogP) is 0.838. The third kappa shape index (κ3) is 3.83. The molecule has 16 heavy (non-hydrogen) atoms. The summed E-state index contributed by atoms with van der Waals surface area (Å²) >= 11 is 0. The van der Waals surface area contributed by atoms with Crippen LogP contribution in [0.25, 0.3) is 0 Å². The fraction of sp³-hybridized carbons (Fsp3) is 0.0909. The first-order chi connectivity index (χ1) is 7.59. The van der Waals surface area contributed by atoms with Crippen LogP contribution in [0.15, 0.2) is 36.4 Å². The van der Waals surface area contributed by atoms with E-state index < -0.39 is 11.9 Å². The molecule has 84 valence electrons. The Balaban J connectivity index is 2.49. The molecule has 0 spiro atoms. The zero-order valence-corrected chi connectivity index (χ0v) is 8.51. The summed E-state index contributed by atoms with van der Waals surface area (Å²) in [6, 6.07) is 6.61. The van der Waals surface area contributed by atoms with Crippen molar-refractivity contribution in [2.75, 3.05) is 11.9 Å². The van der Waals surface area contributed by atoms with Gasteiger partial charge in [-0.3, -0.25) is 4.79 Å². The van der Waals surface area contributed by atoms with Gasteiger partial charge >= 0.3 is 5.97 Å². The molecule has 0 heterocycles. The molecule has 0 unspecified atom stereocenters. The SMILES string of the molecule is NC(=O)c1ccc(NC/C=C/C(=O)O)cc1. The Bertz CT molecular complexity index is 410. The summed E-state index contributed by atoms with van der Waals surface area (Å²) in [5.41, 5.74) is 6.31. The number of carboxylic acids is 1. The Labute approximate surface area is 92.6 Å². The molecule has 5 heteroatoms. The Hall–Kier alpha value is -2.30. The number of primary amides is 1. The Morgan fingerprint density at radius 3 is 2.44 bits per heavy atom.